The highest BCUT2D eigenvalue weighted by molar-refractivity contribution is 5.92. The van der Waals surface area contributed by atoms with Gasteiger partial charge in [0.15, 0.2) is 5.65 Å². The number of nitrogens with two attached hydrogens (primary N) is 1. The maximum absolute atomic E-state index is 13.2. The van der Waals surface area contributed by atoms with E-state index in [1.807, 2.05) is 12.1 Å². The van der Waals surface area contributed by atoms with E-state index in [4.69, 9.17) is 15.2 Å². The first kappa shape index (κ1) is 20.0. The molecule has 162 valence electrons. The average molecular weight is 432 g/mol. The van der Waals surface area contributed by atoms with Gasteiger partial charge in [0, 0.05) is 36.3 Å². The van der Waals surface area contributed by atoms with E-state index < -0.39 is 0 Å². The predicted molar refractivity (Wildman–Crippen MR) is 116 cm³/mol. The molecule has 0 saturated carbocycles. The minimum atomic E-state index is -0.334. The topological polar surface area (TPSA) is 111 Å². The Kier molecular flexibility index (Phi) is 5.01. The SMILES string of the molecule is Cc1nc(N)c2ccc([C@H]3CCCN(C(=O)c4cc(-c5ccc(F)cc5)no4)C3)nc2n1. The second-order valence-corrected chi connectivity index (χ2v) is 7.94. The third-order valence-electron chi connectivity index (χ3n) is 5.71. The van der Waals surface area contributed by atoms with E-state index in [0.717, 1.165) is 23.9 Å². The average Bonchev–Trinajstić information content (AvgIpc) is 3.29. The summed E-state index contributed by atoms with van der Waals surface area (Å²) >= 11 is 0. The lowest BCUT2D eigenvalue weighted by atomic mass is 9.94. The van der Waals surface area contributed by atoms with Crippen molar-refractivity contribution < 1.29 is 13.7 Å². The van der Waals surface area contributed by atoms with Crippen LogP contribution in [0.15, 0.2) is 47.0 Å². The van der Waals surface area contributed by atoms with Crippen molar-refractivity contribution in [2.45, 2.75) is 25.7 Å². The van der Waals surface area contributed by atoms with Crippen molar-refractivity contribution >= 4 is 22.8 Å². The van der Waals surface area contributed by atoms with Gasteiger partial charge < -0.3 is 15.2 Å². The highest BCUT2D eigenvalue weighted by Crippen LogP contribution is 2.29. The molecular weight excluding hydrogens is 411 g/mol. The fourth-order valence-corrected chi connectivity index (χ4v) is 4.08. The second-order valence-electron chi connectivity index (χ2n) is 7.94. The van der Waals surface area contributed by atoms with E-state index >= 15 is 0 Å². The number of fused-ring (bicyclic) bond motifs is 1. The summed E-state index contributed by atoms with van der Waals surface area (Å²) in [6, 6.07) is 11.3. The van der Waals surface area contributed by atoms with Crippen LogP contribution in [-0.2, 0) is 0 Å². The number of piperidine rings is 1. The van der Waals surface area contributed by atoms with Crippen LogP contribution in [0.1, 0.15) is 40.8 Å². The molecule has 0 unspecified atom stereocenters. The quantitative estimate of drug-likeness (QED) is 0.525. The smallest absolute Gasteiger partial charge is 0.292 e. The summed E-state index contributed by atoms with van der Waals surface area (Å²) in [7, 11) is 0. The largest absolute Gasteiger partial charge is 0.383 e. The first-order valence-electron chi connectivity index (χ1n) is 10.4. The monoisotopic (exact) mass is 432 g/mol. The number of hydrogen-bond acceptors (Lipinski definition) is 7. The van der Waals surface area contributed by atoms with Crippen LogP contribution in [0.2, 0.25) is 0 Å². The molecule has 0 spiro atoms. The fraction of sp³-hybridized carbons (Fsp3) is 0.261. The number of nitrogens with zero attached hydrogens (tertiary/aromatic N) is 5. The van der Waals surface area contributed by atoms with Crippen molar-refractivity contribution in [3.05, 3.63) is 65.6 Å². The second kappa shape index (κ2) is 7.99. The molecule has 0 aliphatic carbocycles. The summed E-state index contributed by atoms with van der Waals surface area (Å²) in [6.07, 6.45) is 1.76. The van der Waals surface area contributed by atoms with Crippen LogP contribution in [-0.4, -0.2) is 44.0 Å². The summed E-state index contributed by atoms with van der Waals surface area (Å²) in [5, 5.41) is 4.70. The number of carbonyl (C=O) groups is 1. The number of aromatic nitrogens is 4. The van der Waals surface area contributed by atoms with E-state index in [1.54, 1.807) is 30.0 Å². The zero-order chi connectivity index (χ0) is 22.2. The van der Waals surface area contributed by atoms with Crippen LogP contribution >= 0.6 is 0 Å². The normalized spacial score (nSPS) is 16.4. The summed E-state index contributed by atoms with van der Waals surface area (Å²) in [6.45, 7) is 2.93. The van der Waals surface area contributed by atoms with Gasteiger partial charge in [-0.2, -0.15) is 0 Å². The van der Waals surface area contributed by atoms with E-state index in [1.165, 1.54) is 12.1 Å². The van der Waals surface area contributed by atoms with Gasteiger partial charge in [0.1, 0.15) is 23.2 Å². The molecule has 0 radical (unpaired) electrons. The summed E-state index contributed by atoms with van der Waals surface area (Å²) in [4.78, 5) is 28.1. The first-order valence-corrected chi connectivity index (χ1v) is 10.4. The summed E-state index contributed by atoms with van der Waals surface area (Å²) in [5.74, 6) is 0.663. The Morgan fingerprint density at radius 3 is 2.78 bits per heavy atom. The molecule has 1 atom stereocenters. The van der Waals surface area contributed by atoms with Gasteiger partial charge in [-0.3, -0.25) is 4.79 Å². The number of halogens is 1. The maximum atomic E-state index is 13.2. The third kappa shape index (κ3) is 3.77. The molecule has 9 heteroatoms. The molecule has 4 aromatic rings. The van der Waals surface area contributed by atoms with Crippen molar-refractivity contribution in [3.8, 4) is 11.3 Å². The van der Waals surface area contributed by atoms with E-state index in [9.17, 15) is 9.18 Å². The number of benzene rings is 1. The van der Waals surface area contributed by atoms with Gasteiger partial charge >= 0.3 is 0 Å². The van der Waals surface area contributed by atoms with Crippen molar-refractivity contribution in [3.63, 3.8) is 0 Å². The Labute approximate surface area is 183 Å². The number of aryl methyl sites for hydroxylation is 1. The van der Waals surface area contributed by atoms with Crippen molar-refractivity contribution in [1.29, 1.82) is 0 Å². The molecule has 1 aromatic carbocycles. The lowest BCUT2D eigenvalue weighted by Crippen LogP contribution is -2.39. The van der Waals surface area contributed by atoms with Crippen molar-refractivity contribution in [1.82, 2.24) is 25.0 Å². The molecule has 1 saturated heterocycles. The molecular formula is C23H21FN6O2. The Morgan fingerprint density at radius 2 is 1.97 bits per heavy atom. The molecule has 3 aromatic heterocycles. The van der Waals surface area contributed by atoms with Crippen LogP contribution in [0.25, 0.3) is 22.3 Å². The summed E-state index contributed by atoms with van der Waals surface area (Å²) in [5.41, 5.74) is 8.60. The lowest BCUT2D eigenvalue weighted by molar-refractivity contribution is 0.0664. The van der Waals surface area contributed by atoms with Gasteiger partial charge in [-0.25, -0.2) is 19.3 Å². The zero-order valence-electron chi connectivity index (χ0n) is 17.5. The molecule has 4 heterocycles. The molecule has 32 heavy (non-hydrogen) atoms. The molecule has 8 nitrogen and oxygen atoms in total. The van der Waals surface area contributed by atoms with E-state index in [2.05, 4.69) is 15.1 Å². The van der Waals surface area contributed by atoms with Crippen molar-refractivity contribution in [2.75, 3.05) is 18.8 Å². The van der Waals surface area contributed by atoms with Gasteiger partial charge in [0.25, 0.3) is 5.91 Å². The minimum Gasteiger partial charge on any atom is -0.383 e. The van der Waals surface area contributed by atoms with E-state index in [-0.39, 0.29) is 23.4 Å². The van der Waals surface area contributed by atoms with E-state index in [0.29, 0.717) is 41.6 Å². The number of amides is 1. The predicted octanol–water partition coefficient (Wildman–Crippen LogP) is 3.73. The zero-order valence-corrected chi connectivity index (χ0v) is 17.5. The summed E-state index contributed by atoms with van der Waals surface area (Å²) < 4.78 is 18.5. The van der Waals surface area contributed by atoms with Gasteiger partial charge in [-0.1, -0.05) is 5.16 Å². The van der Waals surface area contributed by atoms with Crippen LogP contribution in [0.4, 0.5) is 10.2 Å². The van der Waals surface area contributed by atoms with Gasteiger partial charge in [0.2, 0.25) is 5.76 Å². The third-order valence-corrected chi connectivity index (χ3v) is 5.71. The number of carbonyl (C=O) groups excluding carboxylic acids is 1. The fourth-order valence-electron chi connectivity index (χ4n) is 4.08. The molecule has 1 aliphatic rings. The number of nitrogen functional groups attached to an aromatic ring is 1. The molecule has 2 N–H and O–H groups in total. The minimum absolute atomic E-state index is 0.0769. The Hall–Kier alpha value is -3.88. The van der Waals surface area contributed by atoms with Gasteiger partial charge in [-0.15, -0.1) is 0 Å². The molecule has 0 bridgehead atoms. The van der Waals surface area contributed by atoms with Gasteiger partial charge in [0.05, 0.1) is 5.39 Å². The molecule has 1 amide bonds. The molecule has 1 fully saturated rings. The van der Waals surface area contributed by atoms with Crippen LogP contribution in [0.3, 0.4) is 0 Å². The van der Waals surface area contributed by atoms with Crippen LogP contribution < -0.4 is 5.73 Å². The number of rotatable bonds is 3. The van der Waals surface area contributed by atoms with Crippen LogP contribution in [0.5, 0.6) is 0 Å². The van der Waals surface area contributed by atoms with Crippen molar-refractivity contribution in [2.24, 2.45) is 0 Å². The highest BCUT2D eigenvalue weighted by Gasteiger charge is 2.29. The Morgan fingerprint density at radius 1 is 1.16 bits per heavy atom. The molecule has 1 aliphatic heterocycles. The first-order chi connectivity index (χ1) is 15.5. The standard InChI is InChI=1S/C23H21FN6O2/c1-13-26-21(25)17-8-9-18(28-22(17)27-13)15-3-2-10-30(12-15)23(31)20-11-19(29-32-20)14-4-6-16(24)7-5-14/h4-9,11,15H,2-3,10,12H2,1H3,(H2,25,26,27,28)/t15-/m0/s1. The Balaban J connectivity index is 1.35. The highest BCUT2D eigenvalue weighted by atomic mass is 19.1. The number of likely N-dealkylation sites (tertiary alicyclic amines) is 1. The number of pyridine rings is 1. The Bertz CT molecular complexity index is 1300. The number of hydrogen-bond donors (Lipinski definition) is 1. The lowest BCUT2D eigenvalue weighted by Gasteiger charge is -2.31. The maximum Gasteiger partial charge on any atom is 0.292 e. The van der Waals surface area contributed by atoms with Gasteiger partial charge in [-0.05, 0) is 56.2 Å². The van der Waals surface area contributed by atoms with Crippen LogP contribution in [0, 0.1) is 12.7 Å². The molecule has 5 rings (SSSR count). The number of anilines is 1.